The number of nitrogens with zero attached hydrogens (tertiary/aromatic N) is 2. The van der Waals surface area contributed by atoms with Gasteiger partial charge in [0, 0.05) is 20.0 Å². The third-order valence-corrected chi connectivity index (χ3v) is 3.13. The first-order chi connectivity index (χ1) is 8.63. The summed E-state index contributed by atoms with van der Waals surface area (Å²) in [6.45, 7) is 4.81. The average Bonchev–Trinajstić information content (AvgIpc) is 2.69. The molecule has 1 aromatic carbocycles. The van der Waals surface area contributed by atoms with Crippen molar-refractivity contribution in [2.75, 3.05) is 6.54 Å². The Bertz CT molecular complexity index is 577. The topological polar surface area (TPSA) is 46.9 Å². The van der Waals surface area contributed by atoms with Gasteiger partial charge in [0.15, 0.2) is 0 Å². The van der Waals surface area contributed by atoms with E-state index in [1.165, 1.54) is 6.92 Å². The van der Waals surface area contributed by atoms with Gasteiger partial charge in [-0.05, 0) is 18.6 Å². The Balaban J connectivity index is 2.35. The van der Waals surface area contributed by atoms with Gasteiger partial charge >= 0.3 is 0 Å². The van der Waals surface area contributed by atoms with Crippen LogP contribution in [0, 0.1) is 6.92 Å². The van der Waals surface area contributed by atoms with Gasteiger partial charge in [-0.1, -0.05) is 12.1 Å². The number of hydrogen-bond acceptors (Lipinski definition) is 2. The number of fused-ring (bicyclic) bond motifs is 1. The first-order valence-corrected chi connectivity index (χ1v) is 6.42. The van der Waals surface area contributed by atoms with Gasteiger partial charge in [0.2, 0.25) is 5.91 Å². The molecule has 1 amide bonds. The van der Waals surface area contributed by atoms with Gasteiger partial charge in [-0.15, -0.1) is 11.6 Å². The predicted octanol–water partition coefficient (Wildman–Crippen LogP) is 2.22. The molecular weight excluding hydrogens is 250 g/mol. The number of amides is 1. The number of aromatic nitrogens is 2. The number of hydrogen-bond donors (Lipinski definition) is 1. The Kier molecular flexibility index (Phi) is 3.87. The molecule has 0 aliphatic rings. The fourth-order valence-corrected chi connectivity index (χ4v) is 2.23. The smallest absolute Gasteiger partial charge is 0.216 e. The van der Waals surface area contributed by atoms with Crippen LogP contribution in [0.5, 0.6) is 0 Å². The lowest BCUT2D eigenvalue weighted by atomic mass is 10.2. The summed E-state index contributed by atoms with van der Waals surface area (Å²) in [6.07, 6.45) is 0. The number of carbonyl (C=O) groups is 1. The number of alkyl halides is 1. The Labute approximate surface area is 111 Å². The SMILES string of the molecule is CC(=O)NCCn1c(CCl)nc2c(C)cccc21. The molecule has 18 heavy (non-hydrogen) atoms. The Morgan fingerprint density at radius 2 is 2.28 bits per heavy atom. The Morgan fingerprint density at radius 3 is 2.94 bits per heavy atom. The van der Waals surface area contributed by atoms with Crippen molar-refractivity contribution in [1.29, 1.82) is 0 Å². The Hall–Kier alpha value is -1.55. The molecule has 2 rings (SSSR count). The third-order valence-electron chi connectivity index (χ3n) is 2.89. The summed E-state index contributed by atoms with van der Waals surface area (Å²) in [6, 6.07) is 6.07. The number of aryl methyl sites for hydroxylation is 1. The van der Waals surface area contributed by atoms with E-state index in [0.29, 0.717) is 19.0 Å². The zero-order valence-electron chi connectivity index (χ0n) is 10.5. The van der Waals surface area contributed by atoms with E-state index in [-0.39, 0.29) is 5.91 Å². The number of carbonyl (C=O) groups excluding carboxylic acids is 1. The number of imidazole rings is 1. The first-order valence-electron chi connectivity index (χ1n) is 5.88. The highest BCUT2D eigenvalue weighted by molar-refractivity contribution is 6.16. The zero-order chi connectivity index (χ0) is 13.1. The van der Waals surface area contributed by atoms with Crippen LogP contribution in [0.1, 0.15) is 18.3 Å². The van der Waals surface area contributed by atoms with Gasteiger partial charge < -0.3 is 9.88 Å². The summed E-state index contributed by atoms with van der Waals surface area (Å²) in [4.78, 5) is 15.4. The predicted molar refractivity (Wildman–Crippen MR) is 72.7 cm³/mol. The van der Waals surface area contributed by atoms with Gasteiger partial charge in [-0.2, -0.15) is 0 Å². The van der Waals surface area contributed by atoms with Crippen LogP contribution in [0.4, 0.5) is 0 Å². The molecule has 0 fully saturated rings. The molecule has 0 spiro atoms. The zero-order valence-corrected chi connectivity index (χ0v) is 11.3. The Morgan fingerprint density at radius 1 is 1.50 bits per heavy atom. The number of benzene rings is 1. The van der Waals surface area contributed by atoms with E-state index < -0.39 is 0 Å². The molecule has 5 heteroatoms. The van der Waals surface area contributed by atoms with Gasteiger partial charge in [0.1, 0.15) is 5.82 Å². The normalized spacial score (nSPS) is 10.8. The van der Waals surface area contributed by atoms with Crippen molar-refractivity contribution >= 4 is 28.5 Å². The molecule has 96 valence electrons. The molecule has 0 aliphatic carbocycles. The second-order valence-electron chi connectivity index (χ2n) is 4.24. The van der Waals surface area contributed by atoms with Crippen LogP contribution in [0.2, 0.25) is 0 Å². The number of halogens is 1. The van der Waals surface area contributed by atoms with E-state index in [4.69, 9.17) is 11.6 Å². The van der Waals surface area contributed by atoms with Crippen molar-refractivity contribution in [2.45, 2.75) is 26.3 Å². The van der Waals surface area contributed by atoms with Crippen LogP contribution >= 0.6 is 11.6 Å². The third kappa shape index (κ3) is 2.48. The summed E-state index contributed by atoms with van der Waals surface area (Å²) in [7, 11) is 0. The molecular formula is C13H16ClN3O. The lowest BCUT2D eigenvalue weighted by Crippen LogP contribution is -2.24. The molecule has 0 unspecified atom stereocenters. The van der Waals surface area contributed by atoms with Gasteiger partial charge in [0.25, 0.3) is 0 Å². The van der Waals surface area contributed by atoms with Crippen LogP contribution in [0.25, 0.3) is 11.0 Å². The number of nitrogens with one attached hydrogen (secondary N) is 1. The molecule has 1 heterocycles. The number of rotatable bonds is 4. The standard InChI is InChI=1S/C13H16ClN3O/c1-9-4-3-5-11-13(9)16-12(8-14)17(11)7-6-15-10(2)18/h3-5H,6-8H2,1-2H3,(H,15,18). The van der Waals surface area contributed by atoms with Crippen LogP contribution < -0.4 is 5.32 Å². The van der Waals surface area contributed by atoms with E-state index in [1.807, 2.05) is 25.1 Å². The molecule has 4 nitrogen and oxygen atoms in total. The van der Waals surface area contributed by atoms with Crippen molar-refractivity contribution < 1.29 is 4.79 Å². The average molecular weight is 266 g/mol. The minimum Gasteiger partial charge on any atom is -0.355 e. The lowest BCUT2D eigenvalue weighted by Gasteiger charge is -2.08. The van der Waals surface area contributed by atoms with Crippen LogP contribution in [-0.4, -0.2) is 22.0 Å². The highest BCUT2D eigenvalue weighted by Crippen LogP contribution is 2.20. The molecule has 0 radical (unpaired) electrons. The second kappa shape index (κ2) is 5.40. The van der Waals surface area contributed by atoms with E-state index in [0.717, 1.165) is 22.4 Å². The fraction of sp³-hybridized carbons (Fsp3) is 0.385. The molecule has 2 aromatic rings. The van der Waals surface area contributed by atoms with E-state index in [9.17, 15) is 4.79 Å². The quantitative estimate of drug-likeness (QED) is 0.862. The van der Waals surface area contributed by atoms with Crippen molar-refractivity contribution in [3.63, 3.8) is 0 Å². The van der Waals surface area contributed by atoms with E-state index >= 15 is 0 Å². The summed E-state index contributed by atoms with van der Waals surface area (Å²) >= 11 is 5.93. The molecule has 0 saturated heterocycles. The highest BCUT2D eigenvalue weighted by atomic mass is 35.5. The maximum Gasteiger partial charge on any atom is 0.216 e. The van der Waals surface area contributed by atoms with Crippen molar-refractivity contribution in [3.8, 4) is 0 Å². The van der Waals surface area contributed by atoms with Gasteiger partial charge in [0.05, 0.1) is 16.9 Å². The van der Waals surface area contributed by atoms with E-state index in [1.54, 1.807) is 0 Å². The minimum absolute atomic E-state index is 0.0250. The monoisotopic (exact) mass is 265 g/mol. The summed E-state index contributed by atoms with van der Waals surface area (Å²) in [5.41, 5.74) is 3.18. The molecule has 0 aliphatic heterocycles. The largest absolute Gasteiger partial charge is 0.355 e. The van der Waals surface area contributed by atoms with Crippen molar-refractivity contribution in [3.05, 3.63) is 29.6 Å². The first kappa shape index (κ1) is 12.9. The maximum atomic E-state index is 10.9. The van der Waals surface area contributed by atoms with Crippen LogP contribution in [-0.2, 0) is 17.2 Å². The minimum atomic E-state index is -0.0250. The van der Waals surface area contributed by atoms with Gasteiger partial charge in [-0.3, -0.25) is 4.79 Å². The molecule has 1 aromatic heterocycles. The van der Waals surface area contributed by atoms with Crippen LogP contribution in [0.3, 0.4) is 0 Å². The maximum absolute atomic E-state index is 10.9. The molecule has 0 saturated carbocycles. The summed E-state index contributed by atoms with van der Waals surface area (Å²) in [5, 5.41) is 2.78. The summed E-state index contributed by atoms with van der Waals surface area (Å²) in [5.74, 6) is 1.18. The van der Waals surface area contributed by atoms with Crippen molar-refractivity contribution in [2.24, 2.45) is 0 Å². The van der Waals surface area contributed by atoms with Crippen LogP contribution in [0.15, 0.2) is 18.2 Å². The van der Waals surface area contributed by atoms with Gasteiger partial charge in [-0.25, -0.2) is 4.98 Å². The van der Waals surface area contributed by atoms with Crippen molar-refractivity contribution in [1.82, 2.24) is 14.9 Å². The fourth-order valence-electron chi connectivity index (χ4n) is 2.03. The summed E-state index contributed by atoms with van der Waals surface area (Å²) < 4.78 is 2.06. The molecule has 0 bridgehead atoms. The second-order valence-corrected chi connectivity index (χ2v) is 4.51. The lowest BCUT2D eigenvalue weighted by molar-refractivity contribution is -0.118. The van der Waals surface area contributed by atoms with E-state index in [2.05, 4.69) is 14.9 Å². The molecule has 1 N–H and O–H groups in total. The molecule has 0 atom stereocenters. The highest BCUT2D eigenvalue weighted by Gasteiger charge is 2.10. The number of para-hydroxylation sites is 1.